The van der Waals surface area contributed by atoms with E-state index in [0.29, 0.717) is 18.0 Å². The van der Waals surface area contributed by atoms with Crippen LogP contribution in [0, 0.1) is 23.2 Å². The van der Waals surface area contributed by atoms with E-state index in [2.05, 4.69) is 32.8 Å². The third-order valence-corrected chi connectivity index (χ3v) is 9.36. The maximum atomic E-state index is 14.2. The van der Waals surface area contributed by atoms with Crippen molar-refractivity contribution in [1.29, 1.82) is 5.41 Å². The zero-order valence-electron chi connectivity index (χ0n) is 37.9. The van der Waals surface area contributed by atoms with Crippen molar-refractivity contribution in [3.05, 3.63) is 83.2 Å². The molecule has 1 fully saturated rings. The Labute approximate surface area is 376 Å². The van der Waals surface area contributed by atoms with Gasteiger partial charge >= 0.3 is 30.1 Å². The van der Waals surface area contributed by atoms with Gasteiger partial charge in [0.1, 0.15) is 28.9 Å². The molecule has 0 spiro atoms. The highest BCUT2D eigenvalue weighted by Crippen LogP contribution is 2.35. The second kappa shape index (κ2) is 22.4. The van der Waals surface area contributed by atoms with E-state index in [4.69, 9.17) is 33.8 Å². The molecule has 0 saturated heterocycles. The summed E-state index contributed by atoms with van der Waals surface area (Å²) < 4.78 is 31.5. The first-order chi connectivity index (χ1) is 30.6. The number of methoxy groups -OCH3 is 1. The third-order valence-electron chi connectivity index (χ3n) is 9.36. The van der Waals surface area contributed by atoms with Crippen LogP contribution in [0.2, 0.25) is 0 Å². The lowest BCUT2D eigenvalue weighted by molar-refractivity contribution is -0.168. The third kappa shape index (κ3) is 14.9. The van der Waals surface area contributed by atoms with Crippen LogP contribution in [0.1, 0.15) is 111 Å². The van der Waals surface area contributed by atoms with Gasteiger partial charge in [-0.1, -0.05) is 40.3 Å². The van der Waals surface area contributed by atoms with Crippen molar-refractivity contribution in [3.8, 4) is 16.9 Å². The molecule has 19 heteroatoms. The molecule has 5 N–H and O–H groups in total. The molecule has 1 aliphatic carbocycles. The fourth-order valence-corrected chi connectivity index (χ4v) is 5.78. The van der Waals surface area contributed by atoms with Crippen molar-refractivity contribution in [2.75, 3.05) is 25.8 Å². The minimum Gasteiger partial charge on any atom is -0.496 e. The number of alkyl carbamates (subject to hydrolysis) is 2. The van der Waals surface area contributed by atoms with Gasteiger partial charge in [-0.25, -0.2) is 24.2 Å². The van der Waals surface area contributed by atoms with Gasteiger partial charge in [-0.05, 0) is 94.0 Å². The first kappa shape index (κ1) is 50.3. The van der Waals surface area contributed by atoms with E-state index in [1.807, 2.05) is 0 Å². The fraction of sp³-hybridized carbons (Fsp3) is 0.413. The summed E-state index contributed by atoms with van der Waals surface area (Å²) in [5, 5.41) is 18.6. The van der Waals surface area contributed by atoms with Crippen LogP contribution < -0.4 is 26.0 Å². The maximum absolute atomic E-state index is 14.2. The summed E-state index contributed by atoms with van der Waals surface area (Å²) in [5.74, 6) is -4.43. The lowest BCUT2D eigenvalue weighted by atomic mass is 9.94. The summed E-state index contributed by atoms with van der Waals surface area (Å²) in [6.45, 7) is 16.3. The van der Waals surface area contributed by atoms with E-state index in [9.17, 15) is 33.6 Å². The number of amidine groups is 1. The molecule has 19 nitrogen and oxygen atoms in total. The van der Waals surface area contributed by atoms with E-state index in [1.54, 1.807) is 48.5 Å². The van der Waals surface area contributed by atoms with Crippen molar-refractivity contribution in [2.45, 2.75) is 86.2 Å². The zero-order valence-corrected chi connectivity index (χ0v) is 37.9. The number of ether oxygens (including phenoxy) is 6. The highest BCUT2D eigenvalue weighted by Gasteiger charge is 2.30. The van der Waals surface area contributed by atoms with Gasteiger partial charge in [0.2, 0.25) is 13.1 Å². The Morgan fingerprint density at radius 2 is 1.54 bits per heavy atom. The summed E-state index contributed by atoms with van der Waals surface area (Å²) in [6, 6.07) is 10.5. The first-order valence-electron chi connectivity index (χ1n) is 20.8. The number of aromatic nitrogens is 1. The average molecular weight is 901 g/mol. The van der Waals surface area contributed by atoms with Crippen molar-refractivity contribution in [2.24, 2.45) is 17.8 Å². The molecule has 2 unspecified atom stereocenters. The predicted molar refractivity (Wildman–Crippen MR) is 237 cm³/mol. The highest BCUT2D eigenvalue weighted by molar-refractivity contribution is 6.11. The Hall–Kier alpha value is -7.31. The number of carbonyl (C=O) groups is 7. The summed E-state index contributed by atoms with van der Waals surface area (Å²) in [5.41, 5.74) is -0.261. The summed E-state index contributed by atoms with van der Waals surface area (Å²) >= 11 is 0. The molecule has 1 aromatic heterocycles. The number of nitrogens with zero attached hydrogens (tertiary/aromatic N) is 1. The molecule has 3 aromatic rings. The van der Waals surface area contributed by atoms with Crippen molar-refractivity contribution < 1.29 is 62.0 Å². The number of hydrogen-bond acceptors (Lipinski definition) is 15. The molecule has 4 amide bonds. The minimum atomic E-state index is -1.20. The number of carbonyl (C=O) groups excluding carboxylic acids is 7. The SMILES string of the molecule is C=Cc1cc(C(=O)Nc2ccc(C(=N)NC(=O)OC(C)OC(=O)C(C)C)cc2)c(-c2ccc(C(=O)NCC3CC3)nc2C(=O)OCOC(=O)C(NC(=O)OC(C)(C)C)C(C)C)cc1OC. The van der Waals surface area contributed by atoms with Crippen LogP contribution in [0.3, 0.4) is 0 Å². The van der Waals surface area contributed by atoms with Gasteiger partial charge in [0, 0.05) is 47.0 Å². The number of benzene rings is 2. The number of anilines is 1. The molecule has 1 aliphatic rings. The van der Waals surface area contributed by atoms with Gasteiger partial charge in [-0.3, -0.25) is 25.1 Å². The molecular weight excluding hydrogens is 845 g/mol. The zero-order chi connectivity index (χ0) is 48.2. The molecule has 2 atom stereocenters. The largest absolute Gasteiger partial charge is 0.496 e. The quantitative estimate of drug-likeness (QED) is 0.0297. The predicted octanol–water partition coefficient (Wildman–Crippen LogP) is 6.60. The van der Waals surface area contributed by atoms with Gasteiger partial charge in [-0.15, -0.1) is 0 Å². The van der Waals surface area contributed by atoms with Gasteiger partial charge in [0.15, 0.2) is 5.69 Å². The molecule has 65 heavy (non-hydrogen) atoms. The van der Waals surface area contributed by atoms with Crippen molar-refractivity contribution in [3.63, 3.8) is 0 Å². The van der Waals surface area contributed by atoms with Gasteiger partial charge in [0.25, 0.3) is 11.8 Å². The molecule has 1 heterocycles. The number of amides is 4. The van der Waals surface area contributed by atoms with E-state index >= 15 is 0 Å². The number of pyridine rings is 1. The van der Waals surface area contributed by atoms with E-state index < -0.39 is 84.2 Å². The molecule has 2 aromatic carbocycles. The summed E-state index contributed by atoms with van der Waals surface area (Å²) in [6.07, 6.45) is 0.334. The second-order valence-corrected chi connectivity index (χ2v) is 16.6. The smallest absolute Gasteiger partial charge is 0.415 e. The highest BCUT2D eigenvalue weighted by atomic mass is 16.7. The molecule has 0 radical (unpaired) electrons. The monoisotopic (exact) mass is 900 g/mol. The summed E-state index contributed by atoms with van der Waals surface area (Å²) in [4.78, 5) is 95.3. The number of rotatable bonds is 18. The Bertz CT molecular complexity index is 2300. The van der Waals surface area contributed by atoms with Crippen LogP contribution >= 0.6 is 0 Å². The average Bonchev–Trinajstić information content (AvgIpc) is 4.08. The molecular formula is C46H56N6O13. The van der Waals surface area contributed by atoms with E-state index in [1.165, 1.54) is 68.6 Å². The lowest BCUT2D eigenvalue weighted by Gasteiger charge is -2.24. The van der Waals surface area contributed by atoms with Crippen LogP contribution in [-0.2, 0) is 33.3 Å². The van der Waals surface area contributed by atoms with Gasteiger partial charge in [-0.2, -0.15) is 0 Å². The Morgan fingerprint density at radius 1 is 0.862 bits per heavy atom. The summed E-state index contributed by atoms with van der Waals surface area (Å²) in [7, 11) is 1.40. The number of hydrogen-bond donors (Lipinski definition) is 5. The topological polar surface area (TPSA) is 260 Å². The van der Waals surface area contributed by atoms with Crippen LogP contribution in [0.25, 0.3) is 17.2 Å². The Kier molecular flexibility index (Phi) is 17.3. The molecule has 4 rings (SSSR count). The second-order valence-electron chi connectivity index (χ2n) is 16.6. The van der Waals surface area contributed by atoms with Crippen molar-refractivity contribution in [1.82, 2.24) is 20.9 Å². The molecule has 1 saturated carbocycles. The van der Waals surface area contributed by atoms with Crippen LogP contribution in [0.5, 0.6) is 5.75 Å². The van der Waals surface area contributed by atoms with Crippen molar-refractivity contribution >= 4 is 59.5 Å². The standard InChI is InChI=1S/C46H56N6O13/c1-11-28-20-33(39(53)49-30-16-14-29(15-17-30)38(47)52-44(58)64-26(6)63-41(55)25(4)5)32(21-35(28)60-10)31-18-19-34(40(54)48-22-27-12-13-27)50-37(31)43(57)62-23-61-42(56)36(24(2)3)51-45(59)65-46(7,8)9/h11,14-21,24-27,36H,1,12-13,22-23H2,2-10H3,(H,48,54)(H,49,53)(H,51,59)(H2,47,52,58). The van der Waals surface area contributed by atoms with Gasteiger partial charge in [0.05, 0.1) is 13.0 Å². The van der Waals surface area contributed by atoms with Crippen LogP contribution in [0.4, 0.5) is 15.3 Å². The number of esters is 3. The Morgan fingerprint density at radius 3 is 2.12 bits per heavy atom. The van der Waals surface area contributed by atoms with Crippen LogP contribution in [-0.4, -0.2) is 91.1 Å². The maximum Gasteiger partial charge on any atom is 0.415 e. The Balaban J connectivity index is 1.61. The minimum absolute atomic E-state index is 0.00965. The first-order valence-corrected chi connectivity index (χ1v) is 20.8. The van der Waals surface area contributed by atoms with E-state index in [-0.39, 0.29) is 45.2 Å². The lowest BCUT2D eigenvalue weighted by Crippen LogP contribution is -2.47. The molecule has 348 valence electrons. The fourth-order valence-electron chi connectivity index (χ4n) is 5.78. The van der Waals surface area contributed by atoms with Gasteiger partial charge < -0.3 is 44.4 Å². The van der Waals surface area contributed by atoms with E-state index in [0.717, 1.165) is 12.8 Å². The normalized spacial score (nSPS) is 13.0. The number of nitrogens with one attached hydrogen (secondary N) is 5. The molecule has 0 bridgehead atoms. The van der Waals surface area contributed by atoms with Crippen LogP contribution in [0.15, 0.2) is 55.1 Å². The molecule has 0 aliphatic heterocycles.